The maximum atomic E-state index is 13.0. The highest BCUT2D eigenvalue weighted by atomic mass is 32.2. The zero-order valence-electron chi connectivity index (χ0n) is 17.9. The summed E-state index contributed by atoms with van der Waals surface area (Å²) in [4.78, 5) is 16.0. The van der Waals surface area contributed by atoms with Crippen LogP contribution >= 0.6 is 0 Å². The fraction of sp³-hybridized carbons (Fsp3) is 0.182. The quantitative estimate of drug-likeness (QED) is 0.423. The Balaban J connectivity index is 1.68. The number of sulfonamides is 1. The number of urea groups is 1. The first-order valence-corrected chi connectivity index (χ1v) is 13.2. The second kappa shape index (κ2) is 10.5. The number of pyridine rings is 1. The topological polar surface area (TPSA) is 134 Å². The molecule has 33 heavy (non-hydrogen) atoms. The lowest BCUT2D eigenvalue weighted by Crippen LogP contribution is -2.28. The molecule has 3 N–H and O–H groups in total. The number of carbonyl (C=O) groups excluding carboxylic acids is 1. The lowest BCUT2D eigenvalue weighted by atomic mass is 10.3. The molecule has 0 atom stereocenters. The molecule has 3 aromatic rings. The summed E-state index contributed by atoms with van der Waals surface area (Å²) in [5, 5.41) is 5.32. The number of aromatic nitrogens is 1. The van der Waals surface area contributed by atoms with E-state index >= 15 is 0 Å². The van der Waals surface area contributed by atoms with Crippen LogP contribution < -0.4 is 15.4 Å². The first-order valence-electron chi connectivity index (χ1n) is 10.1. The van der Waals surface area contributed by atoms with E-state index in [9.17, 15) is 21.6 Å². The predicted molar refractivity (Wildman–Crippen MR) is 126 cm³/mol. The van der Waals surface area contributed by atoms with Gasteiger partial charge in [-0.15, -0.1) is 0 Å². The molecule has 0 aliphatic heterocycles. The summed E-state index contributed by atoms with van der Waals surface area (Å²) < 4.78 is 52.3. The second-order valence-electron chi connectivity index (χ2n) is 7.15. The molecular formula is C22H24N4O5S2. The van der Waals surface area contributed by atoms with Crippen LogP contribution in [0.3, 0.4) is 0 Å². The van der Waals surface area contributed by atoms with E-state index in [0.717, 1.165) is 5.56 Å². The zero-order valence-corrected chi connectivity index (χ0v) is 19.5. The lowest BCUT2D eigenvalue weighted by Gasteiger charge is -2.11. The number of nitrogens with one attached hydrogen (secondary N) is 3. The third kappa shape index (κ3) is 6.77. The van der Waals surface area contributed by atoms with E-state index in [-0.39, 0.29) is 21.2 Å². The molecule has 3 rings (SSSR count). The van der Waals surface area contributed by atoms with Crippen molar-refractivity contribution in [2.45, 2.75) is 29.7 Å². The molecule has 2 aromatic carbocycles. The molecule has 0 saturated heterocycles. The molecule has 0 aliphatic carbocycles. The van der Waals surface area contributed by atoms with Gasteiger partial charge in [0.05, 0.1) is 15.5 Å². The number of carbonyl (C=O) groups is 1. The largest absolute Gasteiger partial charge is 0.334 e. The minimum Gasteiger partial charge on any atom is -0.334 e. The monoisotopic (exact) mass is 488 g/mol. The summed E-state index contributed by atoms with van der Waals surface area (Å²) in [6, 6.07) is 14.5. The van der Waals surface area contributed by atoms with Crippen LogP contribution in [0.1, 0.15) is 18.9 Å². The third-order valence-corrected chi connectivity index (χ3v) is 7.75. The van der Waals surface area contributed by atoms with Gasteiger partial charge in [0, 0.05) is 30.3 Å². The molecule has 1 aromatic heterocycles. The molecular weight excluding hydrogens is 464 g/mol. The Bertz CT molecular complexity index is 1310. The molecule has 1 heterocycles. The number of benzene rings is 2. The number of hydrogen-bond donors (Lipinski definition) is 3. The zero-order chi connectivity index (χ0) is 23.9. The highest BCUT2D eigenvalue weighted by molar-refractivity contribution is 7.92. The van der Waals surface area contributed by atoms with E-state index in [1.54, 1.807) is 25.4 Å². The number of amides is 2. The van der Waals surface area contributed by atoms with Crippen LogP contribution in [0, 0.1) is 0 Å². The Morgan fingerprint density at radius 1 is 0.909 bits per heavy atom. The van der Waals surface area contributed by atoms with Gasteiger partial charge in [0.2, 0.25) is 19.9 Å². The first-order chi connectivity index (χ1) is 15.7. The highest BCUT2D eigenvalue weighted by Crippen LogP contribution is 2.25. The van der Waals surface area contributed by atoms with Crippen molar-refractivity contribution in [3.05, 3.63) is 78.6 Å². The van der Waals surface area contributed by atoms with Crippen molar-refractivity contribution in [1.29, 1.82) is 0 Å². The molecule has 0 radical (unpaired) electrons. The SMILES string of the molecule is CCCS(=O)(=O)Nc1cccc(S(=O)(=O)c2ccc(NC(=O)NCc3cccnc3)cc2)c1. The van der Waals surface area contributed by atoms with E-state index in [2.05, 4.69) is 20.3 Å². The highest BCUT2D eigenvalue weighted by Gasteiger charge is 2.19. The summed E-state index contributed by atoms with van der Waals surface area (Å²) in [5.41, 5.74) is 1.43. The minimum absolute atomic E-state index is 0.0115. The number of sulfone groups is 1. The van der Waals surface area contributed by atoms with E-state index in [4.69, 9.17) is 0 Å². The average Bonchev–Trinajstić information content (AvgIpc) is 2.78. The Hall–Kier alpha value is -3.44. The van der Waals surface area contributed by atoms with Crippen molar-refractivity contribution in [1.82, 2.24) is 10.3 Å². The second-order valence-corrected chi connectivity index (χ2v) is 10.9. The fourth-order valence-electron chi connectivity index (χ4n) is 2.94. The summed E-state index contributed by atoms with van der Waals surface area (Å²) in [6.07, 6.45) is 3.72. The number of anilines is 2. The van der Waals surface area contributed by atoms with E-state index in [0.29, 0.717) is 18.7 Å². The minimum atomic E-state index is -3.89. The van der Waals surface area contributed by atoms with Crippen LogP contribution in [0.5, 0.6) is 0 Å². The molecule has 0 spiro atoms. The van der Waals surface area contributed by atoms with E-state index < -0.39 is 25.9 Å². The van der Waals surface area contributed by atoms with Crippen LogP contribution in [-0.2, 0) is 26.4 Å². The van der Waals surface area contributed by atoms with Crippen LogP contribution in [0.4, 0.5) is 16.2 Å². The van der Waals surface area contributed by atoms with Crippen molar-refractivity contribution in [2.75, 3.05) is 15.8 Å². The number of rotatable bonds is 9. The van der Waals surface area contributed by atoms with Crippen LogP contribution in [0.2, 0.25) is 0 Å². The molecule has 174 valence electrons. The molecule has 9 nitrogen and oxygen atoms in total. The van der Waals surface area contributed by atoms with Gasteiger partial charge in [-0.1, -0.05) is 19.1 Å². The van der Waals surface area contributed by atoms with E-state index in [1.165, 1.54) is 48.5 Å². The molecule has 2 amide bonds. The molecule has 0 saturated carbocycles. The summed E-state index contributed by atoms with van der Waals surface area (Å²) in [5.74, 6) is -0.0613. The number of nitrogens with zero attached hydrogens (tertiary/aromatic N) is 1. The van der Waals surface area contributed by atoms with Crippen molar-refractivity contribution in [2.24, 2.45) is 0 Å². The van der Waals surface area contributed by atoms with Gasteiger partial charge < -0.3 is 10.6 Å². The van der Waals surface area contributed by atoms with Gasteiger partial charge in [-0.2, -0.15) is 0 Å². The van der Waals surface area contributed by atoms with Crippen molar-refractivity contribution >= 4 is 37.3 Å². The Labute approximate surface area is 193 Å². The van der Waals surface area contributed by atoms with Crippen molar-refractivity contribution < 1.29 is 21.6 Å². The van der Waals surface area contributed by atoms with Gasteiger partial charge in [-0.3, -0.25) is 9.71 Å². The Morgan fingerprint density at radius 3 is 2.33 bits per heavy atom. The normalized spacial score (nSPS) is 11.5. The van der Waals surface area contributed by atoms with E-state index in [1.807, 2.05) is 6.07 Å². The van der Waals surface area contributed by atoms with Gasteiger partial charge in [0.1, 0.15) is 0 Å². The lowest BCUT2D eigenvalue weighted by molar-refractivity contribution is 0.251. The molecule has 11 heteroatoms. The summed E-state index contributed by atoms with van der Waals surface area (Å²) in [7, 11) is -7.44. The molecule has 0 fully saturated rings. The Morgan fingerprint density at radius 2 is 1.67 bits per heavy atom. The van der Waals surface area contributed by atoms with Crippen LogP contribution in [0.15, 0.2) is 82.8 Å². The fourth-order valence-corrected chi connectivity index (χ4v) is 5.37. The van der Waals surface area contributed by atoms with Gasteiger partial charge >= 0.3 is 6.03 Å². The van der Waals surface area contributed by atoms with Gasteiger partial charge in [-0.05, 0) is 60.5 Å². The third-order valence-electron chi connectivity index (χ3n) is 4.49. The molecule has 0 bridgehead atoms. The summed E-state index contributed by atoms with van der Waals surface area (Å²) >= 11 is 0. The van der Waals surface area contributed by atoms with Crippen molar-refractivity contribution in [3.63, 3.8) is 0 Å². The van der Waals surface area contributed by atoms with Crippen LogP contribution in [0.25, 0.3) is 0 Å². The smallest absolute Gasteiger partial charge is 0.319 e. The average molecular weight is 489 g/mol. The van der Waals surface area contributed by atoms with Crippen LogP contribution in [-0.4, -0.2) is 33.6 Å². The summed E-state index contributed by atoms with van der Waals surface area (Å²) in [6.45, 7) is 2.04. The molecule has 0 unspecified atom stereocenters. The maximum Gasteiger partial charge on any atom is 0.319 e. The predicted octanol–water partition coefficient (Wildman–Crippen LogP) is 3.39. The van der Waals surface area contributed by atoms with Gasteiger partial charge in [0.25, 0.3) is 0 Å². The maximum absolute atomic E-state index is 13.0. The van der Waals surface area contributed by atoms with Crippen molar-refractivity contribution in [3.8, 4) is 0 Å². The molecule has 0 aliphatic rings. The number of hydrogen-bond acceptors (Lipinski definition) is 6. The first kappa shape index (κ1) is 24.2. The van der Waals surface area contributed by atoms with Gasteiger partial charge in [0.15, 0.2) is 0 Å². The Kier molecular flexibility index (Phi) is 7.67. The standard InChI is InChI=1S/C22H24N4O5S2/c1-2-13-32(28,29)26-19-6-3-7-21(14-19)33(30,31)20-10-8-18(9-11-20)25-22(27)24-16-17-5-4-12-23-15-17/h3-12,14-15,26H,2,13,16H2,1H3,(H2,24,25,27). The van der Waals surface area contributed by atoms with Gasteiger partial charge in [-0.25, -0.2) is 21.6 Å².